The van der Waals surface area contributed by atoms with Crippen LogP contribution in [-0.4, -0.2) is 13.7 Å². The van der Waals surface area contributed by atoms with E-state index in [1.54, 1.807) is 25.2 Å². The molecular formula is C20H22N2O2S2. The average molecular weight is 387 g/mol. The van der Waals surface area contributed by atoms with E-state index in [1.165, 1.54) is 0 Å². The van der Waals surface area contributed by atoms with Crippen LogP contribution in [0.15, 0.2) is 60.0 Å². The van der Waals surface area contributed by atoms with E-state index in [0.29, 0.717) is 0 Å². The lowest BCUT2D eigenvalue weighted by atomic mass is 9.98. The number of rotatable bonds is 6. The Morgan fingerprint density at radius 3 is 2.27 bits per heavy atom. The van der Waals surface area contributed by atoms with Crippen LogP contribution in [-0.2, 0) is 16.6 Å². The molecule has 26 heavy (non-hydrogen) atoms. The molecule has 3 N–H and O–H groups in total. The number of hydrogen-bond donors (Lipinski definition) is 2. The van der Waals surface area contributed by atoms with Crippen LogP contribution in [0.3, 0.4) is 0 Å². The molecule has 0 atom stereocenters. The highest BCUT2D eigenvalue weighted by atomic mass is 32.2. The molecule has 0 aliphatic carbocycles. The normalized spacial score (nSPS) is 11.8. The fourth-order valence-corrected chi connectivity index (χ4v) is 4.17. The summed E-state index contributed by atoms with van der Waals surface area (Å²) >= 11 is 1.62. The SMILES string of the molecule is CC(C)S(=O)(=O)NCc1ccccc1-c1ccc(-c2sccc2N)cc1. The zero-order chi connectivity index (χ0) is 18.7. The van der Waals surface area contributed by atoms with Crippen LogP contribution in [0.5, 0.6) is 0 Å². The quantitative estimate of drug-likeness (QED) is 0.655. The van der Waals surface area contributed by atoms with E-state index < -0.39 is 15.3 Å². The first kappa shape index (κ1) is 18.6. The van der Waals surface area contributed by atoms with E-state index in [0.717, 1.165) is 32.8 Å². The Balaban J connectivity index is 1.87. The van der Waals surface area contributed by atoms with Gasteiger partial charge >= 0.3 is 0 Å². The minimum absolute atomic E-state index is 0.274. The number of nitrogen functional groups attached to an aromatic ring is 1. The summed E-state index contributed by atoms with van der Waals surface area (Å²) in [4.78, 5) is 1.06. The zero-order valence-corrected chi connectivity index (χ0v) is 16.4. The Labute approximate surface area is 158 Å². The largest absolute Gasteiger partial charge is 0.398 e. The van der Waals surface area contributed by atoms with Gasteiger partial charge in [0.1, 0.15) is 0 Å². The summed E-state index contributed by atoms with van der Waals surface area (Å²) in [7, 11) is -3.30. The average Bonchev–Trinajstić information content (AvgIpc) is 3.06. The first-order valence-corrected chi connectivity index (χ1v) is 10.8. The van der Waals surface area contributed by atoms with E-state index in [2.05, 4.69) is 4.72 Å². The second kappa shape index (κ2) is 7.61. The highest BCUT2D eigenvalue weighted by molar-refractivity contribution is 7.90. The maximum atomic E-state index is 12.0. The first-order valence-electron chi connectivity index (χ1n) is 8.38. The van der Waals surface area contributed by atoms with Gasteiger partial charge in [-0.25, -0.2) is 13.1 Å². The highest BCUT2D eigenvalue weighted by Crippen LogP contribution is 2.33. The molecule has 136 valence electrons. The summed E-state index contributed by atoms with van der Waals surface area (Å²) in [5.41, 5.74) is 10.9. The summed E-state index contributed by atoms with van der Waals surface area (Å²) in [6.45, 7) is 3.61. The van der Waals surface area contributed by atoms with Crippen LogP contribution in [0, 0.1) is 0 Å². The number of anilines is 1. The van der Waals surface area contributed by atoms with Crippen molar-refractivity contribution in [2.24, 2.45) is 0 Å². The zero-order valence-electron chi connectivity index (χ0n) is 14.8. The molecule has 0 bridgehead atoms. The van der Waals surface area contributed by atoms with Crippen LogP contribution in [0.1, 0.15) is 19.4 Å². The molecule has 0 saturated heterocycles. The van der Waals surface area contributed by atoms with Crippen LogP contribution in [0.4, 0.5) is 5.69 Å². The predicted molar refractivity (Wildman–Crippen MR) is 110 cm³/mol. The molecule has 0 radical (unpaired) electrons. The number of nitrogens with one attached hydrogen (secondary N) is 1. The third-order valence-electron chi connectivity index (χ3n) is 4.26. The third kappa shape index (κ3) is 3.98. The minimum Gasteiger partial charge on any atom is -0.398 e. The molecule has 0 aliphatic heterocycles. The van der Waals surface area contributed by atoms with Gasteiger partial charge in [0, 0.05) is 6.54 Å². The molecule has 6 heteroatoms. The first-order chi connectivity index (χ1) is 12.4. The van der Waals surface area contributed by atoms with Gasteiger partial charge in [-0.05, 0) is 47.5 Å². The second-order valence-corrected chi connectivity index (χ2v) is 9.59. The molecule has 0 unspecified atom stereocenters. The van der Waals surface area contributed by atoms with E-state index in [9.17, 15) is 8.42 Å². The molecule has 1 heterocycles. The summed E-state index contributed by atoms with van der Waals surface area (Å²) in [5, 5.41) is 1.53. The molecule has 0 amide bonds. The van der Waals surface area contributed by atoms with Crippen molar-refractivity contribution >= 4 is 27.0 Å². The Hall–Kier alpha value is -2.15. The number of nitrogens with two attached hydrogens (primary N) is 1. The maximum absolute atomic E-state index is 12.0. The van der Waals surface area contributed by atoms with Gasteiger partial charge < -0.3 is 5.73 Å². The van der Waals surface area contributed by atoms with Crippen LogP contribution < -0.4 is 10.5 Å². The van der Waals surface area contributed by atoms with Gasteiger partial charge in [-0.3, -0.25) is 0 Å². The van der Waals surface area contributed by atoms with Crippen LogP contribution in [0.25, 0.3) is 21.6 Å². The molecule has 4 nitrogen and oxygen atoms in total. The monoisotopic (exact) mass is 386 g/mol. The van der Waals surface area contributed by atoms with Crippen LogP contribution in [0.2, 0.25) is 0 Å². The van der Waals surface area contributed by atoms with Crippen molar-refractivity contribution in [1.29, 1.82) is 0 Å². The Kier molecular flexibility index (Phi) is 5.46. The van der Waals surface area contributed by atoms with Gasteiger partial charge in [-0.15, -0.1) is 11.3 Å². The van der Waals surface area contributed by atoms with Gasteiger partial charge in [0.15, 0.2) is 0 Å². The van der Waals surface area contributed by atoms with Gasteiger partial charge in [-0.2, -0.15) is 0 Å². The molecule has 2 aromatic carbocycles. The third-order valence-corrected chi connectivity index (χ3v) is 7.02. The molecule has 3 rings (SSSR count). The molecule has 0 fully saturated rings. The molecule has 3 aromatic rings. The summed E-state index contributed by atoms with van der Waals surface area (Å²) in [6, 6.07) is 17.9. The van der Waals surface area contributed by atoms with E-state index >= 15 is 0 Å². The van der Waals surface area contributed by atoms with Crippen LogP contribution >= 0.6 is 11.3 Å². The van der Waals surface area contributed by atoms with Gasteiger partial charge in [0.05, 0.1) is 15.8 Å². The van der Waals surface area contributed by atoms with E-state index in [-0.39, 0.29) is 6.54 Å². The van der Waals surface area contributed by atoms with E-state index in [1.807, 2.05) is 60.0 Å². The van der Waals surface area contributed by atoms with Crippen molar-refractivity contribution in [3.8, 4) is 21.6 Å². The van der Waals surface area contributed by atoms with Gasteiger partial charge in [0.25, 0.3) is 0 Å². The molecule has 0 spiro atoms. The lowest BCUT2D eigenvalue weighted by Gasteiger charge is -2.13. The van der Waals surface area contributed by atoms with Crippen molar-refractivity contribution in [3.63, 3.8) is 0 Å². The number of thiophene rings is 1. The van der Waals surface area contributed by atoms with Crippen molar-refractivity contribution in [3.05, 3.63) is 65.5 Å². The fourth-order valence-electron chi connectivity index (χ4n) is 2.66. The summed E-state index contributed by atoms with van der Waals surface area (Å²) < 4.78 is 26.8. The minimum atomic E-state index is -3.30. The predicted octanol–water partition coefficient (Wildman–Crippen LogP) is 4.49. The maximum Gasteiger partial charge on any atom is 0.214 e. The molecular weight excluding hydrogens is 364 g/mol. The number of sulfonamides is 1. The Morgan fingerprint density at radius 1 is 1.00 bits per heavy atom. The van der Waals surface area contributed by atoms with Crippen molar-refractivity contribution < 1.29 is 8.42 Å². The number of benzene rings is 2. The lowest BCUT2D eigenvalue weighted by Crippen LogP contribution is -2.30. The van der Waals surface area contributed by atoms with E-state index in [4.69, 9.17) is 5.73 Å². The van der Waals surface area contributed by atoms with Gasteiger partial charge in [0.2, 0.25) is 10.0 Å². The van der Waals surface area contributed by atoms with Crippen molar-refractivity contribution in [1.82, 2.24) is 4.72 Å². The smallest absolute Gasteiger partial charge is 0.214 e. The molecule has 0 aliphatic rings. The Morgan fingerprint density at radius 2 is 1.65 bits per heavy atom. The standard InChI is InChI=1S/C20H22N2O2S2/c1-14(2)26(23,24)22-13-17-5-3-4-6-18(17)15-7-9-16(10-8-15)20-19(21)11-12-25-20/h3-12,14,22H,13,21H2,1-2H3. The van der Waals surface area contributed by atoms with Gasteiger partial charge in [-0.1, -0.05) is 48.5 Å². The fraction of sp³-hybridized carbons (Fsp3) is 0.200. The van der Waals surface area contributed by atoms with Crippen molar-refractivity contribution in [2.75, 3.05) is 5.73 Å². The topological polar surface area (TPSA) is 72.2 Å². The summed E-state index contributed by atoms with van der Waals surface area (Å²) in [6.07, 6.45) is 0. The second-order valence-electron chi connectivity index (χ2n) is 6.35. The Bertz CT molecular complexity index is 991. The molecule has 1 aromatic heterocycles. The number of hydrogen-bond acceptors (Lipinski definition) is 4. The lowest BCUT2D eigenvalue weighted by molar-refractivity contribution is 0.572. The van der Waals surface area contributed by atoms with Crippen molar-refractivity contribution in [2.45, 2.75) is 25.6 Å². The summed E-state index contributed by atoms with van der Waals surface area (Å²) in [5.74, 6) is 0. The highest BCUT2D eigenvalue weighted by Gasteiger charge is 2.16. The molecule has 0 saturated carbocycles.